The molecule has 0 bridgehead atoms. The predicted octanol–water partition coefficient (Wildman–Crippen LogP) is 2.49. The van der Waals surface area contributed by atoms with Crippen LogP contribution in [-0.4, -0.2) is 30.6 Å². The average Bonchev–Trinajstić information content (AvgIpc) is 2.67. The molecule has 0 radical (unpaired) electrons. The summed E-state index contributed by atoms with van der Waals surface area (Å²) in [4.78, 5) is 4.08. The lowest BCUT2D eigenvalue weighted by molar-refractivity contribution is 0.213. The molecule has 2 heterocycles. The maximum atomic E-state index is 3.54. The van der Waals surface area contributed by atoms with Crippen molar-refractivity contribution in [1.82, 2.24) is 10.2 Å². The number of nitrogens with zero attached hydrogens (tertiary/aromatic N) is 1. The number of hydrogen-bond donors (Lipinski definition) is 1. The maximum absolute atomic E-state index is 3.54. The highest BCUT2D eigenvalue weighted by atomic mass is 32.1. The Hall–Kier alpha value is -0.380. The lowest BCUT2D eigenvalue weighted by atomic mass is 10.2. The molecule has 15 heavy (non-hydrogen) atoms. The Labute approximate surface area is 96.3 Å². The van der Waals surface area contributed by atoms with Crippen LogP contribution in [0.1, 0.15) is 31.2 Å². The monoisotopic (exact) mass is 224 g/mol. The fraction of sp³-hybridized carbons (Fsp3) is 0.667. The molecule has 1 aliphatic heterocycles. The highest BCUT2D eigenvalue weighted by Crippen LogP contribution is 2.25. The zero-order valence-electron chi connectivity index (χ0n) is 9.57. The smallest absolute Gasteiger partial charge is 0.0413 e. The first kappa shape index (κ1) is 11.1. The van der Waals surface area contributed by atoms with Gasteiger partial charge in [-0.1, -0.05) is 6.07 Å². The summed E-state index contributed by atoms with van der Waals surface area (Å²) in [7, 11) is 0. The summed E-state index contributed by atoms with van der Waals surface area (Å²) in [6.07, 6.45) is 1.26. The van der Waals surface area contributed by atoms with Crippen molar-refractivity contribution in [3.8, 4) is 0 Å². The van der Waals surface area contributed by atoms with E-state index >= 15 is 0 Å². The molecule has 2 atom stereocenters. The van der Waals surface area contributed by atoms with Gasteiger partial charge in [0, 0.05) is 30.1 Å². The van der Waals surface area contributed by atoms with E-state index < -0.39 is 0 Å². The van der Waals surface area contributed by atoms with E-state index in [4.69, 9.17) is 0 Å². The van der Waals surface area contributed by atoms with Crippen LogP contribution in [0.3, 0.4) is 0 Å². The molecule has 1 fully saturated rings. The van der Waals surface area contributed by atoms with Crippen LogP contribution in [-0.2, 0) is 0 Å². The van der Waals surface area contributed by atoms with Crippen LogP contribution in [0.4, 0.5) is 0 Å². The molecule has 1 aromatic heterocycles. The number of thiophene rings is 1. The number of nitrogens with one attached hydrogen (secondary N) is 1. The summed E-state index contributed by atoms with van der Waals surface area (Å²) in [6, 6.07) is 5.59. The minimum absolute atomic E-state index is 0.576. The van der Waals surface area contributed by atoms with E-state index in [9.17, 15) is 0 Å². The first-order chi connectivity index (χ1) is 7.27. The lowest BCUT2D eigenvalue weighted by Gasteiger charge is -2.28. The van der Waals surface area contributed by atoms with Crippen LogP contribution < -0.4 is 5.32 Å². The summed E-state index contributed by atoms with van der Waals surface area (Å²) >= 11 is 1.87. The normalized spacial score (nSPS) is 26.1. The SMILES string of the molecule is CC1CN(C(C)c2cccs2)CCCN1. The fourth-order valence-corrected chi connectivity index (χ4v) is 3.02. The van der Waals surface area contributed by atoms with Gasteiger partial charge >= 0.3 is 0 Å². The first-order valence-corrected chi connectivity index (χ1v) is 6.66. The van der Waals surface area contributed by atoms with Crippen molar-refractivity contribution >= 4 is 11.3 Å². The molecule has 0 spiro atoms. The van der Waals surface area contributed by atoms with Gasteiger partial charge in [-0.25, -0.2) is 0 Å². The predicted molar refractivity (Wildman–Crippen MR) is 66.4 cm³/mol. The molecule has 84 valence electrons. The first-order valence-electron chi connectivity index (χ1n) is 5.78. The van der Waals surface area contributed by atoms with Gasteiger partial charge < -0.3 is 5.32 Å². The Kier molecular flexibility index (Phi) is 3.78. The van der Waals surface area contributed by atoms with Gasteiger partial charge in [-0.05, 0) is 38.3 Å². The molecular weight excluding hydrogens is 204 g/mol. The Bertz CT molecular complexity index is 284. The van der Waals surface area contributed by atoms with Crippen LogP contribution in [0.25, 0.3) is 0 Å². The third-order valence-electron chi connectivity index (χ3n) is 3.13. The summed E-state index contributed by atoms with van der Waals surface area (Å²) in [5, 5.41) is 5.71. The van der Waals surface area contributed by atoms with E-state index in [1.54, 1.807) is 0 Å². The van der Waals surface area contributed by atoms with Crippen LogP contribution in [0.15, 0.2) is 17.5 Å². The van der Waals surface area contributed by atoms with Gasteiger partial charge in [-0.15, -0.1) is 11.3 Å². The van der Waals surface area contributed by atoms with E-state index in [0.29, 0.717) is 12.1 Å². The van der Waals surface area contributed by atoms with E-state index in [-0.39, 0.29) is 0 Å². The van der Waals surface area contributed by atoms with Crippen molar-refractivity contribution in [3.05, 3.63) is 22.4 Å². The minimum atomic E-state index is 0.576. The molecule has 1 aliphatic rings. The highest BCUT2D eigenvalue weighted by molar-refractivity contribution is 7.10. The van der Waals surface area contributed by atoms with Crippen LogP contribution in [0.2, 0.25) is 0 Å². The van der Waals surface area contributed by atoms with Gasteiger partial charge in [0.1, 0.15) is 0 Å². The second-order valence-electron chi connectivity index (χ2n) is 4.40. The van der Waals surface area contributed by atoms with Gasteiger partial charge in [0.05, 0.1) is 0 Å². The Morgan fingerprint density at radius 1 is 1.60 bits per heavy atom. The molecule has 1 saturated heterocycles. The van der Waals surface area contributed by atoms with Gasteiger partial charge in [0.2, 0.25) is 0 Å². The van der Waals surface area contributed by atoms with Gasteiger partial charge in [0.15, 0.2) is 0 Å². The lowest BCUT2D eigenvalue weighted by Crippen LogP contribution is -2.36. The number of rotatable bonds is 2. The maximum Gasteiger partial charge on any atom is 0.0413 e. The van der Waals surface area contributed by atoms with Gasteiger partial charge in [-0.2, -0.15) is 0 Å². The quantitative estimate of drug-likeness (QED) is 0.830. The molecule has 1 N–H and O–H groups in total. The molecule has 2 unspecified atom stereocenters. The third-order valence-corrected chi connectivity index (χ3v) is 4.17. The van der Waals surface area contributed by atoms with E-state index in [1.165, 1.54) is 24.4 Å². The van der Waals surface area contributed by atoms with Crippen molar-refractivity contribution in [2.24, 2.45) is 0 Å². The molecule has 0 aromatic carbocycles. The summed E-state index contributed by atoms with van der Waals surface area (Å²) in [6.45, 7) is 8.15. The molecule has 0 aliphatic carbocycles. The highest BCUT2D eigenvalue weighted by Gasteiger charge is 2.20. The van der Waals surface area contributed by atoms with Crippen LogP contribution in [0.5, 0.6) is 0 Å². The standard InChI is InChI=1S/C12H20N2S/c1-10-9-14(7-4-6-13-10)11(2)12-5-3-8-15-12/h3,5,8,10-11,13H,4,6-7,9H2,1-2H3. The van der Waals surface area contributed by atoms with E-state index in [0.717, 1.165) is 6.54 Å². The number of hydrogen-bond acceptors (Lipinski definition) is 3. The molecule has 0 saturated carbocycles. The van der Waals surface area contributed by atoms with Crippen molar-refractivity contribution in [3.63, 3.8) is 0 Å². The second-order valence-corrected chi connectivity index (χ2v) is 5.37. The van der Waals surface area contributed by atoms with E-state index in [1.807, 2.05) is 11.3 Å². The van der Waals surface area contributed by atoms with Crippen molar-refractivity contribution < 1.29 is 0 Å². The zero-order valence-corrected chi connectivity index (χ0v) is 10.4. The van der Waals surface area contributed by atoms with Crippen molar-refractivity contribution in [1.29, 1.82) is 0 Å². The second kappa shape index (κ2) is 5.10. The summed E-state index contributed by atoms with van der Waals surface area (Å²) < 4.78 is 0. The molecule has 1 aromatic rings. The zero-order chi connectivity index (χ0) is 10.7. The fourth-order valence-electron chi connectivity index (χ4n) is 2.20. The average molecular weight is 224 g/mol. The minimum Gasteiger partial charge on any atom is -0.313 e. The molecule has 0 amide bonds. The van der Waals surface area contributed by atoms with Crippen LogP contribution in [0, 0.1) is 0 Å². The van der Waals surface area contributed by atoms with Gasteiger partial charge in [-0.3, -0.25) is 4.90 Å². The molecule has 2 nitrogen and oxygen atoms in total. The summed E-state index contributed by atoms with van der Waals surface area (Å²) in [5.41, 5.74) is 0. The Balaban J connectivity index is 2.02. The van der Waals surface area contributed by atoms with Crippen molar-refractivity contribution in [2.75, 3.05) is 19.6 Å². The Morgan fingerprint density at radius 3 is 3.20 bits per heavy atom. The largest absolute Gasteiger partial charge is 0.313 e. The van der Waals surface area contributed by atoms with Crippen LogP contribution >= 0.6 is 11.3 Å². The third kappa shape index (κ3) is 2.80. The van der Waals surface area contributed by atoms with E-state index in [2.05, 4.69) is 41.6 Å². The van der Waals surface area contributed by atoms with Crippen molar-refractivity contribution in [2.45, 2.75) is 32.4 Å². The molecule has 2 rings (SSSR count). The summed E-state index contributed by atoms with van der Waals surface area (Å²) in [5.74, 6) is 0. The topological polar surface area (TPSA) is 15.3 Å². The molecular formula is C12H20N2S. The Morgan fingerprint density at radius 2 is 2.47 bits per heavy atom. The molecule has 3 heteroatoms. The van der Waals surface area contributed by atoms with Gasteiger partial charge in [0.25, 0.3) is 0 Å².